The van der Waals surface area contributed by atoms with Gasteiger partial charge in [0.2, 0.25) is 0 Å². The zero-order valence-corrected chi connectivity index (χ0v) is 11.6. The molecule has 0 bridgehead atoms. The number of hydrogen-bond acceptors (Lipinski definition) is 2. The van der Waals surface area contributed by atoms with Crippen molar-refractivity contribution in [2.24, 2.45) is 5.41 Å². The van der Waals surface area contributed by atoms with Gasteiger partial charge in [-0.2, -0.15) is 0 Å². The minimum atomic E-state index is -0.306. The van der Waals surface area contributed by atoms with Gasteiger partial charge >= 0.3 is 0 Å². The second-order valence-corrected chi connectivity index (χ2v) is 6.05. The summed E-state index contributed by atoms with van der Waals surface area (Å²) in [5.41, 5.74) is 1.04. The van der Waals surface area contributed by atoms with Gasteiger partial charge in [-0.25, -0.2) is 0 Å². The van der Waals surface area contributed by atoms with E-state index in [9.17, 15) is 0 Å². The van der Waals surface area contributed by atoms with E-state index in [1.165, 1.54) is 5.56 Å². The van der Waals surface area contributed by atoms with Gasteiger partial charge in [0, 0.05) is 0 Å². The van der Waals surface area contributed by atoms with Crippen molar-refractivity contribution in [2.45, 2.75) is 40.2 Å². The number of hydrogen-bond donors (Lipinski definition) is 0. The molecule has 0 heterocycles. The van der Waals surface area contributed by atoms with Crippen molar-refractivity contribution in [3.05, 3.63) is 35.9 Å². The lowest BCUT2D eigenvalue weighted by Gasteiger charge is -2.27. The summed E-state index contributed by atoms with van der Waals surface area (Å²) >= 11 is 0. The first-order chi connectivity index (χ1) is 7.81. The van der Waals surface area contributed by atoms with E-state index in [-0.39, 0.29) is 11.0 Å². The second-order valence-electron chi connectivity index (χ2n) is 6.05. The number of benzene rings is 1. The van der Waals surface area contributed by atoms with Crippen LogP contribution in [0.25, 0.3) is 0 Å². The van der Waals surface area contributed by atoms with Gasteiger partial charge in [0.05, 0.1) is 12.2 Å². The molecule has 1 aromatic carbocycles. The summed E-state index contributed by atoms with van der Waals surface area (Å²) in [6, 6.07) is 10.2. The van der Waals surface area contributed by atoms with Crippen LogP contribution in [-0.4, -0.2) is 13.4 Å². The second kappa shape index (κ2) is 5.65. The van der Waals surface area contributed by atoms with E-state index in [0.717, 1.165) is 0 Å². The highest BCUT2D eigenvalue weighted by Crippen LogP contribution is 2.24. The van der Waals surface area contributed by atoms with Crippen LogP contribution in [0.2, 0.25) is 0 Å². The molecule has 0 aliphatic rings. The Morgan fingerprint density at radius 1 is 0.941 bits per heavy atom. The van der Waals surface area contributed by atoms with Crippen LogP contribution in [-0.2, 0) is 15.1 Å². The van der Waals surface area contributed by atoms with Crippen LogP contribution in [0, 0.1) is 5.41 Å². The molecule has 2 nitrogen and oxygen atoms in total. The Labute approximate surface area is 105 Å². The number of rotatable bonds is 5. The van der Waals surface area contributed by atoms with Crippen molar-refractivity contribution in [3.8, 4) is 0 Å². The fourth-order valence-electron chi connectivity index (χ4n) is 1.46. The zero-order chi connectivity index (χ0) is 12.9. The third-order valence-corrected chi connectivity index (χ3v) is 2.51. The zero-order valence-electron chi connectivity index (χ0n) is 11.6. The van der Waals surface area contributed by atoms with Crippen LogP contribution < -0.4 is 0 Å². The number of ether oxygens (including phenoxy) is 2. The van der Waals surface area contributed by atoms with Crippen LogP contribution >= 0.6 is 0 Å². The Morgan fingerprint density at radius 2 is 1.53 bits per heavy atom. The molecular formula is C15H24O2. The summed E-state index contributed by atoms with van der Waals surface area (Å²) in [5, 5.41) is 0. The highest BCUT2D eigenvalue weighted by molar-refractivity contribution is 5.20. The minimum absolute atomic E-state index is 0.181. The first-order valence-electron chi connectivity index (χ1n) is 6.08. The molecule has 0 aliphatic heterocycles. The summed E-state index contributed by atoms with van der Waals surface area (Å²) < 4.78 is 11.3. The van der Waals surface area contributed by atoms with E-state index in [0.29, 0.717) is 13.4 Å². The van der Waals surface area contributed by atoms with Gasteiger partial charge in [0.15, 0.2) is 0 Å². The molecule has 0 saturated carbocycles. The van der Waals surface area contributed by atoms with Crippen molar-refractivity contribution < 1.29 is 9.47 Å². The van der Waals surface area contributed by atoms with Gasteiger partial charge in [-0.1, -0.05) is 51.1 Å². The fourth-order valence-corrected chi connectivity index (χ4v) is 1.46. The summed E-state index contributed by atoms with van der Waals surface area (Å²) in [5.74, 6) is 0. The maximum atomic E-state index is 5.79. The highest BCUT2D eigenvalue weighted by atomic mass is 16.7. The fraction of sp³-hybridized carbons (Fsp3) is 0.600. The minimum Gasteiger partial charge on any atom is -0.355 e. The summed E-state index contributed by atoms with van der Waals surface area (Å²) in [4.78, 5) is 0. The predicted octanol–water partition coefficient (Wildman–Crippen LogP) is 3.96. The standard InChI is InChI=1S/C15H24O2/c1-14(2,3)11-16-12-17-15(4,5)13-9-7-6-8-10-13/h6-10H,11-12H2,1-5H3. The van der Waals surface area contributed by atoms with Crippen molar-refractivity contribution in [3.63, 3.8) is 0 Å². The molecule has 0 radical (unpaired) electrons. The Balaban J connectivity index is 2.41. The molecule has 0 spiro atoms. The normalized spacial score (nSPS) is 12.8. The van der Waals surface area contributed by atoms with Crippen molar-refractivity contribution in [1.82, 2.24) is 0 Å². The van der Waals surface area contributed by atoms with Crippen LogP contribution in [0.15, 0.2) is 30.3 Å². The molecule has 17 heavy (non-hydrogen) atoms. The Bertz CT molecular complexity index is 323. The summed E-state index contributed by atoms with van der Waals surface area (Å²) in [6.07, 6.45) is 0. The molecule has 0 aliphatic carbocycles. The van der Waals surface area contributed by atoms with Crippen LogP contribution in [0.4, 0.5) is 0 Å². The van der Waals surface area contributed by atoms with Crippen LogP contribution in [0.3, 0.4) is 0 Å². The monoisotopic (exact) mass is 236 g/mol. The van der Waals surface area contributed by atoms with E-state index < -0.39 is 0 Å². The molecule has 1 rings (SSSR count). The molecule has 1 aromatic rings. The maximum Gasteiger partial charge on any atom is 0.147 e. The molecule has 0 aromatic heterocycles. The van der Waals surface area contributed by atoms with Gasteiger partial charge in [-0.15, -0.1) is 0 Å². The Hall–Kier alpha value is -0.860. The third kappa shape index (κ3) is 5.33. The molecule has 0 unspecified atom stereocenters. The first-order valence-corrected chi connectivity index (χ1v) is 6.08. The molecule has 0 atom stereocenters. The van der Waals surface area contributed by atoms with Crippen LogP contribution in [0.1, 0.15) is 40.2 Å². The van der Waals surface area contributed by atoms with E-state index in [2.05, 4.69) is 46.8 Å². The van der Waals surface area contributed by atoms with Gasteiger partial charge < -0.3 is 9.47 Å². The topological polar surface area (TPSA) is 18.5 Å². The van der Waals surface area contributed by atoms with Crippen LogP contribution in [0.5, 0.6) is 0 Å². The highest BCUT2D eigenvalue weighted by Gasteiger charge is 2.21. The quantitative estimate of drug-likeness (QED) is 0.569. The Morgan fingerprint density at radius 3 is 2.06 bits per heavy atom. The van der Waals surface area contributed by atoms with E-state index >= 15 is 0 Å². The lowest BCUT2D eigenvalue weighted by atomic mass is 9.98. The van der Waals surface area contributed by atoms with E-state index in [1.54, 1.807) is 0 Å². The largest absolute Gasteiger partial charge is 0.355 e. The Kier molecular flexibility index (Phi) is 4.72. The van der Waals surface area contributed by atoms with E-state index in [1.807, 2.05) is 18.2 Å². The third-order valence-electron chi connectivity index (χ3n) is 2.51. The molecular weight excluding hydrogens is 212 g/mol. The summed E-state index contributed by atoms with van der Waals surface area (Å²) in [6.45, 7) is 11.6. The SMILES string of the molecule is CC(C)(C)COCOC(C)(C)c1ccccc1. The predicted molar refractivity (Wildman–Crippen MR) is 70.8 cm³/mol. The first kappa shape index (κ1) is 14.2. The molecule has 2 heteroatoms. The average Bonchev–Trinajstić information content (AvgIpc) is 2.25. The van der Waals surface area contributed by atoms with Gasteiger partial charge in [-0.3, -0.25) is 0 Å². The molecule has 0 fully saturated rings. The molecule has 0 N–H and O–H groups in total. The maximum absolute atomic E-state index is 5.79. The van der Waals surface area contributed by atoms with Gasteiger partial charge in [0.25, 0.3) is 0 Å². The van der Waals surface area contributed by atoms with Crippen molar-refractivity contribution in [2.75, 3.05) is 13.4 Å². The van der Waals surface area contributed by atoms with Gasteiger partial charge in [0.1, 0.15) is 6.79 Å². The molecule has 96 valence electrons. The van der Waals surface area contributed by atoms with Gasteiger partial charge in [-0.05, 0) is 24.8 Å². The van der Waals surface area contributed by atoms with Crippen molar-refractivity contribution >= 4 is 0 Å². The summed E-state index contributed by atoms with van der Waals surface area (Å²) in [7, 11) is 0. The molecule has 0 saturated heterocycles. The molecule has 0 amide bonds. The average molecular weight is 236 g/mol. The van der Waals surface area contributed by atoms with E-state index in [4.69, 9.17) is 9.47 Å². The lowest BCUT2D eigenvalue weighted by molar-refractivity contribution is -0.142. The smallest absolute Gasteiger partial charge is 0.147 e. The lowest BCUT2D eigenvalue weighted by Crippen LogP contribution is -2.25. The van der Waals surface area contributed by atoms with Crippen molar-refractivity contribution in [1.29, 1.82) is 0 Å².